The monoisotopic (exact) mass is 284 g/mol. The molecule has 0 saturated carbocycles. The van der Waals surface area contributed by atoms with E-state index < -0.39 is 0 Å². The summed E-state index contributed by atoms with van der Waals surface area (Å²) in [6, 6.07) is 3.07. The fourth-order valence-electron chi connectivity index (χ4n) is 0.742. The standard InChI is InChI=1S/C7H6FIOS/c1-10-7-5(8)2-4(11)3-6(7)9/h2-3,11H,1H3. The van der Waals surface area contributed by atoms with Crippen molar-refractivity contribution >= 4 is 35.2 Å². The van der Waals surface area contributed by atoms with E-state index in [4.69, 9.17) is 4.74 Å². The maximum absolute atomic E-state index is 12.9. The molecule has 0 fully saturated rings. The van der Waals surface area contributed by atoms with Gasteiger partial charge >= 0.3 is 0 Å². The van der Waals surface area contributed by atoms with Gasteiger partial charge in [-0.15, -0.1) is 12.6 Å². The highest BCUT2D eigenvalue weighted by Gasteiger charge is 2.07. The van der Waals surface area contributed by atoms with Crippen molar-refractivity contribution in [3.8, 4) is 5.75 Å². The number of rotatable bonds is 1. The lowest BCUT2D eigenvalue weighted by Crippen LogP contribution is -1.91. The molecule has 0 amide bonds. The minimum Gasteiger partial charge on any atom is -0.493 e. The Morgan fingerprint density at radius 2 is 2.18 bits per heavy atom. The molecule has 0 aliphatic heterocycles. The van der Waals surface area contributed by atoms with Gasteiger partial charge in [0.1, 0.15) is 0 Å². The zero-order chi connectivity index (χ0) is 8.43. The molecule has 0 spiro atoms. The van der Waals surface area contributed by atoms with E-state index in [0.29, 0.717) is 4.90 Å². The van der Waals surface area contributed by atoms with Crippen LogP contribution in [0.25, 0.3) is 0 Å². The maximum atomic E-state index is 12.9. The number of benzene rings is 1. The first-order valence-electron chi connectivity index (χ1n) is 2.87. The van der Waals surface area contributed by atoms with Crippen molar-refractivity contribution in [2.75, 3.05) is 7.11 Å². The number of halogens is 2. The summed E-state index contributed by atoms with van der Waals surface area (Å²) in [5.41, 5.74) is 0. The van der Waals surface area contributed by atoms with Crippen LogP contribution in [0.2, 0.25) is 0 Å². The number of ether oxygens (including phenoxy) is 1. The van der Waals surface area contributed by atoms with Crippen molar-refractivity contribution in [2.45, 2.75) is 4.90 Å². The average molecular weight is 284 g/mol. The second-order valence-electron chi connectivity index (χ2n) is 1.94. The van der Waals surface area contributed by atoms with Gasteiger partial charge in [-0.3, -0.25) is 0 Å². The highest BCUT2D eigenvalue weighted by molar-refractivity contribution is 14.1. The molecule has 4 heteroatoms. The Morgan fingerprint density at radius 1 is 1.55 bits per heavy atom. The summed E-state index contributed by atoms with van der Waals surface area (Å²) >= 11 is 6.01. The third-order valence-corrected chi connectivity index (χ3v) is 2.25. The molecular formula is C7H6FIOS. The third-order valence-electron chi connectivity index (χ3n) is 1.19. The summed E-state index contributed by atoms with van der Waals surface area (Å²) in [7, 11) is 1.44. The third kappa shape index (κ3) is 1.99. The molecule has 1 rings (SSSR count). The summed E-state index contributed by atoms with van der Waals surface area (Å²) in [5.74, 6) is -0.0900. The molecule has 60 valence electrons. The molecular weight excluding hydrogens is 278 g/mol. The Labute approximate surface area is 83.5 Å². The Kier molecular flexibility index (Phi) is 3.00. The van der Waals surface area contributed by atoms with E-state index in [1.807, 2.05) is 22.6 Å². The Morgan fingerprint density at radius 3 is 2.64 bits per heavy atom. The number of thiol groups is 1. The fraction of sp³-hybridized carbons (Fsp3) is 0.143. The van der Waals surface area contributed by atoms with E-state index >= 15 is 0 Å². The minimum atomic E-state index is -0.371. The van der Waals surface area contributed by atoms with Crippen LogP contribution in [0.5, 0.6) is 5.75 Å². The van der Waals surface area contributed by atoms with Crippen molar-refractivity contribution in [1.29, 1.82) is 0 Å². The van der Waals surface area contributed by atoms with E-state index in [-0.39, 0.29) is 11.6 Å². The summed E-state index contributed by atoms with van der Waals surface area (Å²) in [5, 5.41) is 0. The van der Waals surface area contributed by atoms with Crippen LogP contribution in [0.1, 0.15) is 0 Å². The second kappa shape index (κ2) is 3.62. The highest BCUT2D eigenvalue weighted by atomic mass is 127. The van der Waals surface area contributed by atoms with Gasteiger partial charge in [0.2, 0.25) is 0 Å². The van der Waals surface area contributed by atoms with Crippen molar-refractivity contribution in [3.63, 3.8) is 0 Å². The van der Waals surface area contributed by atoms with Gasteiger partial charge in [-0.1, -0.05) is 0 Å². The molecule has 0 heterocycles. The van der Waals surface area contributed by atoms with Gasteiger partial charge in [0.05, 0.1) is 10.7 Å². The van der Waals surface area contributed by atoms with Crippen LogP contribution in [-0.4, -0.2) is 7.11 Å². The Hall–Kier alpha value is 0.0300. The molecule has 0 N–H and O–H groups in total. The van der Waals surface area contributed by atoms with E-state index in [9.17, 15) is 4.39 Å². The van der Waals surface area contributed by atoms with Gasteiger partial charge in [0.25, 0.3) is 0 Å². The molecule has 1 aromatic carbocycles. The van der Waals surface area contributed by atoms with Crippen molar-refractivity contribution in [1.82, 2.24) is 0 Å². The number of hydrogen-bond donors (Lipinski definition) is 1. The molecule has 0 bridgehead atoms. The SMILES string of the molecule is COc1c(F)cc(S)cc1I. The highest BCUT2D eigenvalue weighted by Crippen LogP contribution is 2.26. The summed E-state index contributed by atoms with van der Waals surface area (Å²) in [4.78, 5) is 0.604. The topological polar surface area (TPSA) is 9.23 Å². The van der Waals surface area contributed by atoms with Gasteiger partial charge in [-0.2, -0.15) is 0 Å². The number of hydrogen-bond acceptors (Lipinski definition) is 2. The predicted molar refractivity (Wildman–Crippen MR) is 52.9 cm³/mol. The van der Waals surface area contributed by atoms with Crippen molar-refractivity contribution in [3.05, 3.63) is 21.5 Å². The fourth-order valence-corrected chi connectivity index (χ4v) is 2.04. The van der Waals surface area contributed by atoms with Crippen LogP contribution in [0.15, 0.2) is 17.0 Å². The van der Waals surface area contributed by atoms with Crippen molar-refractivity contribution < 1.29 is 9.13 Å². The van der Waals surface area contributed by atoms with Crippen LogP contribution >= 0.6 is 35.2 Å². The lowest BCUT2D eigenvalue weighted by atomic mass is 10.3. The van der Waals surface area contributed by atoms with Gasteiger partial charge in [-0.05, 0) is 34.7 Å². The molecule has 0 aromatic heterocycles. The smallest absolute Gasteiger partial charge is 0.167 e. The van der Waals surface area contributed by atoms with Gasteiger partial charge in [0.15, 0.2) is 11.6 Å². The average Bonchev–Trinajstić information content (AvgIpc) is 1.85. The maximum Gasteiger partial charge on any atom is 0.167 e. The predicted octanol–water partition coefficient (Wildman–Crippen LogP) is 2.73. The first kappa shape index (κ1) is 9.12. The minimum absolute atomic E-state index is 0.281. The Bertz CT molecular complexity index is 254. The quantitative estimate of drug-likeness (QED) is 0.616. The summed E-state index contributed by atoms with van der Waals surface area (Å²) in [6.07, 6.45) is 0. The first-order valence-corrected chi connectivity index (χ1v) is 4.39. The van der Waals surface area contributed by atoms with Crippen LogP contribution in [0.3, 0.4) is 0 Å². The van der Waals surface area contributed by atoms with Crippen LogP contribution in [0, 0.1) is 9.39 Å². The van der Waals surface area contributed by atoms with E-state index in [1.54, 1.807) is 6.07 Å². The molecule has 0 aliphatic rings. The zero-order valence-electron chi connectivity index (χ0n) is 5.77. The largest absolute Gasteiger partial charge is 0.493 e. The molecule has 0 saturated heterocycles. The van der Waals surface area contributed by atoms with E-state index in [0.717, 1.165) is 3.57 Å². The van der Waals surface area contributed by atoms with Crippen LogP contribution in [-0.2, 0) is 0 Å². The Balaban J connectivity index is 3.25. The molecule has 0 aliphatic carbocycles. The molecule has 0 atom stereocenters. The second-order valence-corrected chi connectivity index (χ2v) is 3.62. The van der Waals surface area contributed by atoms with Gasteiger partial charge in [-0.25, -0.2) is 4.39 Å². The first-order chi connectivity index (χ1) is 5.15. The molecule has 0 radical (unpaired) electrons. The number of methoxy groups -OCH3 is 1. The lowest BCUT2D eigenvalue weighted by Gasteiger charge is -2.04. The van der Waals surface area contributed by atoms with Crippen molar-refractivity contribution in [2.24, 2.45) is 0 Å². The van der Waals surface area contributed by atoms with Crippen LogP contribution < -0.4 is 4.74 Å². The lowest BCUT2D eigenvalue weighted by molar-refractivity contribution is 0.382. The zero-order valence-corrected chi connectivity index (χ0v) is 8.82. The summed E-state index contributed by atoms with van der Waals surface area (Å²) in [6.45, 7) is 0. The van der Waals surface area contributed by atoms with E-state index in [2.05, 4.69) is 12.6 Å². The summed E-state index contributed by atoms with van der Waals surface area (Å²) < 4.78 is 18.5. The van der Waals surface area contributed by atoms with Gasteiger partial charge < -0.3 is 4.74 Å². The van der Waals surface area contributed by atoms with E-state index in [1.165, 1.54) is 13.2 Å². The molecule has 1 nitrogen and oxygen atoms in total. The molecule has 0 unspecified atom stereocenters. The molecule has 1 aromatic rings. The van der Waals surface area contributed by atoms with Crippen LogP contribution in [0.4, 0.5) is 4.39 Å². The normalized spacial score (nSPS) is 9.82. The molecule has 11 heavy (non-hydrogen) atoms. The van der Waals surface area contributed by atoms with Gasteiger partial charge in [0, 0.05) is 4.90 Å².